The van der Waals surface area contributed by atoms with Gasteiger partial charge in [0.2, 0.25) is 0 Å². The van der Waals surface area contributed by atoms with Gasteiger partial charge in [-0.15, -0.1) is 0 Å². The lowest BCUT2D eigenvalue weighted by Crippen LogP contribution is -2.52. The third-order valence-corrected chi connectivity index (χ3v) is 9.28. The van der Waals surface area contributed by atoms with E-state index in [0.717, 1.165) is 28.5 Å². The van der Waals surface area contributed by atoms with Crippen molar-refractivity contribution in [2.45, 2.75) is 63.7 Å². The number of hydrogen-bond donors (Lipinski definition) is 0. The minimum Gasteiger partial charge on any atom is -0.444 e. The molecule has 2 aromatic heterocycles. The van der Waals surface area contributed by atoms with E-state index in [2.05, 4.69) is 9.35 Å². The summed E-state index contributed by atoms with van der Waals surface area (Å²) in [5, 5.41) is 0.776. The maximum atomic E-state index is 14.4. The maximum absolute atomic E-state index is 14.4. The molecule has 0 saturated carbocycles. The van der Waals surface area contributed by atoms with E-state index >= 15 is 0 Å². The molecular weight excluding hydrogens is 479 g/mol. The first-order valence-corrected chi connectivity index (χ1v) is 13.8. The van der Waals surface area contributed by atoms with E-state index in [9.17, 15) is 13.4 Å². The van der Waals surface area contributed by atoms with Crippen molar-refractivity contribution in [1.82, 2.24) is 14.5 Å². The standard InChI is InChI=1S/C27H35FN4O3S/c1-17(2)36(34,29-7)24-11-21(28)8-9-22(24)32-16-20(25-18(3)12-30-13-23(25)32)10-19-14-31(15-19)26(33)35-27(4,5)6/h8-9,11-13,16-17,19H,10,14-15H2,1-7H3. The molecule has 1 aromatic carbocycles. The average molecular weight is 515 g/mol. The highest BCUT2D eigenvalue weighted by molar-refractivity contribution is 7.94. The first-order chi connectivity index (χ1) is 16.8. The molecule has 1 aliphatic heterocycles. The monoisotopic (exact) mass is 514 g/mol. The molecule has 0 radical (unpaired) electrons. The Labute approximate surface area is 212 Å². The molecule has 0 bridgehead atoms. The number of amides is 1. The number of benzene rings is 1. The molecular formula is C27H35FN4O3S. The van der Waals surface area contributed by atoms with Crippen molar-refractivity contribution in [3.63, 3.8) is 0 Å². The molecule has 1 atom stereocenters. The second kappa shape index (κ2) is 9.50. The van der Waals surface area contributed by atoms with Gasteiger partial charge in [0.15, 0.2) is 0 Å². The summed E-state index contributed by atoms with van der Waals surface area (Å²) in [6.45, 7) is 12.5. The minimum absolute atomic E-state index is 0.288. The van der Waals surface area contributed by atoms with Crippen molar-refractivity contribution in [2.24, 2.45) is 10.3 Å². The highest BCUT2D eigenvalue weighted by Crippen LogP contribution is 2.34. The Morgan fingerprint density at radius 3 is 2.58 bits per heavy atom. The van der Waals surface area contributed by atoms with Gasteiger partial charge in [0.1, 0.15) is 11.4 Å². The lowest BCUT2D eigenvalue weighted by molar-refractivity contribution is -0.000840. The van der Waals surface area contributed by atoms with Gasteiger partial charge in [-0.25, -0.2) is 17.8 Å². The highest BCUT2D eigenvalue weighted by Gasteiger charge is 2.34. The fourth-order valence-corrected chi connectivity index (χ4v) is 6.64. The van der Waals surface area contributed by atoms with Crippen molar-refractivity contribution in [2.75, 3.05) is 20.1 Å². The van der Waals surface area contributed by atoms with E-state index in [1.54, 1.807) is 17.2 Å². The van der Waals surface area contributed by atoms with Crippen LogP contribution in [-0.2, 0) is 20.9 Å². The zero-order valence-electron chi connectivity index (χ0n) is 22.0. The molecule has 7 nitrogen and oxygen atoms in total. The molecule has 1 fully saturated rings. The lowest BCUT2D eigenvalue weighted by Gasteiger charge is -2.39. The van der Waals surface area contributed by atoms with Gasteiger partial charge >= 0.3 is 6.09 Å². The number of ether oxygens (including phenoxy) is 1. The number of fused-ring (bicyclic) bond motifs is 1. The zero-order chi connectivity index (χ0) is 26.4. The highest BCUT2D eigenvalue weighted by atomic mass is 32.2. The molecule has 9 heteroatoms. The maximum Gasteiger partial charge on any atom is 0.410 e. The van der Waals surface area contributed by atoms with Crippen LogP contribution < -0.4 is 0 Å². The number of carbonyl (C=O) groups excluding carboxylic acids is 1. The van der Waals surface area contributed by atoms with Crippen LogP contribution >= 0.6 is 0 Å². The largest absolute Gasteiger partial charge is 0.444 e. The van der Waals surface area contributed by atoms with Crippen LogP contribution in [0.3, 0.4) is 0 Å². The first-order valence-electron chi connectivity index (χ1n) is 12.2. The van der Waals surface area contributed by atoms with E-state index in [0.29, 0.717) is 29.6 Å². The molecule has 0 aliphatic carbocycles. The van der Waals surface area contributed by atoms with Crippen LogP contribution in [0.1, 0.15) is 45.7 Å². The quantitative estimate of drug-likeness (QED) is 0.435. The number of hydrogen-bond acceptors (Lipinski definition) is 5. The molecule has 3 heterocycles. The van der Waals surface area contributed by atoms with Gasteiger partial charge < -0.3 is 14.2 Å². The van der Waals surface area contributed by atoms with E-state index in [-0.39, 0.29) is 11.3 Å². The molecule has 4 rings (SSSR count). The van der Waals surface area contributed by atoms with Crippen molar-refractivity contribution in [3.8, 4) is 5.69 Å². The van der Waals surface area contributed by atoms with E-state index in [1.165, 1.54) is 19.2 Å². The molecule has 36 heavy (non-hydrogen) atoms. The summed E-state index contributed by atoms with van der Waals surface area (Å²) in [5.74, 6) is -0.157. The Hall–Kier alpha value is -2.94. The zero-order valence-corrected chi connectivity index (χ0v) is 22.9. The third kappa shape index (κ3) is 4.85. The van der Waals surface area contributed by atoms with Crippen LogP contribution in [0.5, 0.6) is 0 Å². The summed E-state index contributed by atoms with van der Waals surface area (Å²) in [6, 6.07) is 4.38. The van der Waals surface area contributed by atoms with Crippen LogP contribution in [0.2, 0.25) is 0 Å². The Balaban J connectivity index is 1.73. The second-order valence-electron chi connectivity index (χ2n) is 10.7. The van der Waals surface area contributed by atoms with Crippen molar-refractivity contribution in [3.05, 3.63) is 53.7 Å². The van der Waals surface area contributed by atoms with Crippen LogP contribution in [0.4, 0.5) is 9.18 Å². The van der Waals surface area contributed by atoms with E-state index < -0.39 is 21.1 Å². The number of pyridine rings is 1. The molecule has 1 aliphatic rings. The van der Waals surface area contributed by atoms with E-state index in [1.807, 2.05) is 58.5 Å². The summed E-state index contributed by atoms with van der Waals surface area (Å²) in [5.41, 5.74) is 3.11. The minimum atomic E-state index is -2.86. The molecule has 1 saturated heterocycles. The van der Waals surface area contributed by atoms with Crippen LogP contribution in [0.25, 0.3) is 16.6 Å². The van der Waals surface area contributed by atoms with Crippen molar-refractivity contribution in [1.29, 1.82) is 0 Å². The third-order valence-electron chi connectivity index (χ3n) is 6.51. The van der Waals surface area contributed by atoms with Crippen LogP contribution in [0.15, 0.2) is 46.0 Å². The summed E-state index contributed by atoms with van der Waals surface area (Å²) in [6.07, 6.45) is 6.12. The average Bonchev–Trinajstić information content (AvgIpc) is 3.13. The van der Waals surface area contributed by atoms with Crippen LogP contribution in [0, 0.1) is 18.7 Å². The molecule has 1 unspecified atom stereocenters. The Kier molecular flexibility index (Phi) is 6.90. The number of aryl methyl sites for hydroxylation is 1. The molecule has 194 valence electrons. The normalized spacial score (nSPS) is 16.2. The number of likely N-dealkylation sites (tertiary alicyclic amines) is 1. The summed E-state index contributed by atoms with van der Waals surface area (Å²) in [7, 11) is -1.33. The van der Waals surface area contributed by atoms with Crippen molar-refractivity contribution < 1.29 is 18.1 Å². The van der Waals surface area contributed by atoms with Gasteiger partial charge in [-0.2, -0.15) is 0 Å². The predicted octanol–water partition coefficient (Wildman–Crippen LogP) is 5.75. The lowest BCUT2D eigenvalue weighted by atomic mass is 9.92. The second-order valence-corrected chi connectivity index (χ2v) is 13.6. The van der Waals surface area contributed by atoms with Gasteiger partial charge in [-0.05, 0) is 83.2 Å². The molecule has 0 N–H and O–H groups in total. The van der Waals surface area contributed by atoms with Crippen LogP contribution in [-0.4, -0.2) is 55.7 Å². The Bertz CT molecular complexity index is 1420. The number of nitrogens with zero attached hydrogens (tertiary/aromatic N) is 4. The van der Waals surface area contributed by atoms with Gasteiger partial charge in [0, 0.05) is 43.2 Å². The van der Waals surface area contributed by atoms with Gasteiger partial charge in [-0.3, -0.25) is 4.98 Å². The summed E-state index contributed by atoms with van der Waals surface area (Å²) in [4.78, 5) is 18.9. The summed E-state index contributed by atoms with van der Waals surface area (Å²) < 4.78 is 39.9. The van der Waals surface area contributed by atoms with Gasteiger partial charge in [0.25, 0.3) is 0 Å². The van der Waals surface area contributed by atoms with E-state index in [4.69, 9.17) is 4.74 Å². The SMILES string of the molecule is CN=S(=O)(c1cc(F)ccc1-n1cc(CC2CN(C(=O)OC(C)(C)C)C2)c2c(C)cncc21)C(C)C. The number of aromatic nitrogens is 2. The fourth-order valence-electron chi connectivity index (χ4n) is 4.77. The fraction of sp³-hybridized carbons (Fsp3) is 0.481. The summed E-state index contributed by atoms with van der Waals surface area (Å²) >= 11 is 0. The Morgan fingerprint density at radius 1 is 1.28 bits per heavy atom. The topological polar surface area (TPSA) is 76.8 Å². The predicted molar refractivity (Wildman–Crippen MR) is 141 cm³/mol. The van der Waals surface area contributed by atoms with Gasteiger partial charge in [0.05, 0.1) is 32.0 Å². The first kappa shape index (κ1) is 26.1. The number of carbonyl (C=O) groups is 1. The Morgan fingerprint density at radius 2 is 1.97 bits per heavy atom. The smallest absolute Gasteiger partial charge is 0.410 e. The molecule has 1 amide bonds. The number of rotatable bonds is 5. The number of halogens is 1. The van der Waals surface area contributed by atoms with Crippen molar-refractivity contribution >= 4 is 26.7 Å². The van der Waals surface area contributed by atoms with Gasteiger partial charge in [-0.1, -0.05) is 0 Å². The molecule has 0 spiro atoms. The molecule has 3 aromatic rings.